The van der Waals surface area contributed by atoms with E-state index in [1.54, 1.807) is 13.0 Å². The van der Waals surface area contributed by atoms with E-state index in [0.717, 1.165) is 4.68 Å². The Bertz CT molecular complexity index is 602. The normalized spacial score (nSPS) is 10.5. The Balaban J connectivity index is 2.27. The van der Waals surface area contributed by atoms with E-state index in [2.05, 4.69) is 15.5 Å². The zero-order chi connectivity index (χ0) is 13.8. The third-order valence-electron chi connectivity index (χ3n) is 2.34. The first kappa shape index (κ1) is 13.4. The van der Waals surface area contributed by atoms with Gasteiger partial charge in [0.25, 0.3) is 5.82 Å². The van der Waals surface area contributed by atoms with Crippen LogP contribution in [0.25, 0.3) is 0 Å². The molecule has 0 saturated carbocycles. The van der Waals surface area contributed by atoms with E-state index < -0.39 is 11.8 Å². The molecule has 0 aliphatic rings. The number of benzene rings is 1. The van der Waals surface area contributed by atoms with E-state index in [1.807, 2.05) is 0 Å². The number of hydrogen-bond donors (Lipinski definition) is 0. The molecule has 1 heterocycles. The Morgan fingerprint density at radius 1 is 1.53 bits per heavy atom. The number of hydrogen-bond acceptors (Lipinski definition) is 5. The molecule has 0 spiro atoms. The van der Waals surface area contributed by atoms with Crippen molar-refractivity contribution < 1.29 is 13.9 Å². The first-order chi connectivity index (χ1) is 9.13. The number of carbonyl (C=O) groups is 1. The lowest BCUT2D eigenvalue weighted by Gasteiger charge is -2.06. The molecule has 100 valence electrons. The fourth-order valence-corrected chi connectivity index (χ4v) is 1.68. The number of rotatable bonds is 4. The molecule has 19 heavy (non-hydrogen) atoms. The Morgan fingerprint density at radius 3 is 3.05 bits per heavy atom. The highest BCUT2D eigenvalue weighted by molar-refractivity contribution is 6.30. The lowest BCUT2D eigenvalue weighted by atomic mass is 10.2. The van der Waals surface area contributed by atoms with E-state index in [-0.39, 0.29) is 29.6 Å². The average Bonchev–Trinajstić information content (AvgIpc) is 2.83. The van der Waals surface area contributed by atoms with Crippen molar-refractivity contribution in [2.75, 3.05) is 6.61 Å². The summed E-state index contributed by atoms with van der Waals surface area (Å²) in [4.78, 5) is 11.6. The molecular weight excluding hydrogens is 275 g/mol. The van der Waals surface area contributed by atoms with Crippen molar-refractivity contribution in [1.82, 2.24) is 20.2 Å². The van der Waals surface area contributed by atoms with Crippen LogP contribution in [0, 0.1) is 5.82 Å². The standard InChI is InChI=1S/C11H10ClFN4O2/c1-2-19-11(18)10-14-15-16-17(10)6-7-4-3-5-8(12)9(7)13/h3-5H,2,6H2,1H3. The summed E-state index contributed by atoms with van der Waals surface area (Å²) in [5.41, 5.74) is 0.283. The molecule has 0 amide bonds. The summed E-state index contributed by atoms with van der Waals surface area (Å²) in [5.74, 6) is -1.30. The van der Waals surface area contributed by atoms with Crippen LogP contribution >= 0.6 is 11.6 Å². The molecule has 8 heteroatoms. The van der Waals surface area contributed by atoms with E-state index in [0.29, 0.717) is 0 Å². The monoisotopic (exact) mass is 284 g/mol. The van der Waals surface area contributed by atoms with Crippen LogP contribution in [0.15, 0.2) is 18.2 Å². The lowest BCUT2D eigenvalue weighted by Crippen LogP contribution is -2.15. The molecular formula is C11H10ClFN4O2. The maximum atomic E-state index is 13.7. The van der Waals surface area contributed by atoms with Crippen LogP contribution in [0.3, 0.4) is 0 Å². The Kier molecular flexibility index (Phi) is 4.06. The number of tetrazole rings is 1. The van der Waals surface area contributed by atoms with Gasteiger partial charge in [0.05, 0.1) is 18.2 Å². The van der Waals surface area contributed by atoms with Gasteiger partial charge in [0.1, 0.15) is 5.82 Å². The van der Waals surface area contributed by atoms with Crippen LogP contribution < -0.4 is 0 Å². The predicted octanol–water partition coefficient (Wildman–Crippen LogP) is 1.69. The number of nitrogens with zero attached hydrogens (tertiary/aromatic N) is 4. The average molecular weight is 285 g/mol. The smallest absolute Gasteiger partial charge is 0.378 e. The summed E-state index contributed by atoms with van der Waals surface area (Å²) in [6.45, 7) is 1.87. The maximum absolute atomic E-state index is 13.7. The molecule has 0 N–H and O–H groups in total. The molecule has 0 radical (unpaired) electrons. The highest BCUT2D eigenvalue weighted by atomic mass is 35.5. The van der Waals surface area contributed by atoms with Crippen molar-refractivity contribution in [2.24, 2.45) is 0 Å². The van der Waals surface area contributed by atoms with Gasteiger partial charge >= 0.3 is 5.97 Å². The maximum Gasteiger partial charge on any atom is 0.378 e. The van der Waals surface area contributed by atoms with Crippen LogP contribution in [0.5, 0.6) is 0 Å². The van der Waals surface area contributed by atoms with Gasteiger partial charge in [-0.05, 0) is 23.4 Å². The lowest BCUT2D eigenvalue weighted by molar-refractivity contribution is 0.0505. The van der Waals surface area contributed by atoms with Gasteiger partial charge in [0.15, 0.2) is 0 Å². The summed E-state index contributed by atoms with van der Waals surface area (Å²) >= 11 is 5.68. The second kappa shape index (κ2) is 5.75. The molecule has 1 aromatic heterocycles. The molecule has 0 aliphatic heterocycles. The number of aromatic nitrogens is 4. The summed E-state index contributed by atoms with van der Waals surface area (Å²) in [5, 5.41) is 10.6. The molecule has 0 fully saturated rings. The molecule has 2 rings (SSSR count). The van der Waals surface area contributed by atoms with Gasteiger partial charge in [-0.15, -0.1) is 5.10 Å². The molecule has 1 aromatic carbocycles. The summed E-state index contributed by atoms with van der Waals surface area (Å²) in [7, 11) is 0. The fourth-order valence-electron chi connectivity index (χ4n) is 1.48. The highest BCUT2D eigenvalue weighted by Crippen LogP contribution is 2.18. The van der Waals surface area contributed by atoms with E-state index in [1.165, 1.54) is 12.1 Å². The summed E-state index contributed by atoms with van der Waals surface area (Å²) < 4.78 is 19.7. The van der Waals surface area contributed by atoms with E-state index in [4.69, 9.17) is 16.3 Å². The van der Waals surface area contributed by atoms with Crippen LogP contribution in [0.2, 0.25) is 5.02 Å². The largest absolute Gasteiger partial charge is 0.460 e. The molecule has 2 aromatic rings. The third-order valence-corrected chi connectivity index (χ3v) is 2.63. The second-order valence-electron chi connectivity index (χ2n) is 3.59. The first-order valence-corrected chi connectivity index (χ1v) is 5.87. The zero-order valence-corrected chi connectivity index (χ0v) is 10.8. The number of carbonyl (C=O) groups excluding carboxylic acids is 1. The summed E-state index contributed by atoms with van der Waals surface area (Å²) in [6, 6.07) is 4.58. The fraction of sp³-hybridized carbons (Fsp3) is 0.273. The topological polar surface area (TPSA) is 69.9 Å². The quantitative estimate of drug-likeness (QED) is 0.799. The van der Waals surface area contributed by atoms with Crippen molar-refractivity contribution >= 4 is 17.6 Å². The minimum absolute atomic E-state index is 0.00302. The first-order valence-electron chi connectivity index (χ1n) is 5.49. The molecule has 0 aliphatic carbocycles. The van der Waals surface area contributed by atoms with Gasteiger partial charge in [0, 0.05) is 5.56 Å². The van der Waals surface area contributed by atoms with Gasteiger partial charge in [0.2, 0.25) is 0 Å². The molecule has 0 bridgehead atoms. The number of esters is 1. The van der Waals surface area contributed by atoms with E-state index >= 15 is 0 Å². The van der Waals surface area contributed by atoms with Gasteiger partial charge in [-0.1, -0.05) is 23.7 Å². The Morgan fingerprint density at radius 2 is 2.32 bits per heavy atom. The zero-order valence-electron chi connectivity index (χ0n) is 10.0. The van der Waals surface area contributed by atoms with Crippen molar-refractivity contribution in [3.05, 3.63) is 40.4 Å². The van der Waals surface area contributed by atoms with Gasteiger partial charge in [-0.3, -0.25) is 0 Å². The van der Waals surface area contributed by atoms with Crippen LogP contribution in [0.4, 0.5) is 4.39 Å². The van der Waals surface area contributed by atoms with Gasteiger partial charge in [-0.25, -0.2) is 13.9 Å². The number of halogens is 2. The summed E-state index contributed by atoms with van der Waals surface area (Å²) in [6.07, 6.45) is 0. The molecule has 0 atom stereocenters. The minimum atomic E-state index is -0.657. The molecule has 6 nitrogen and oxygen atoms in total. The SMILES string of the molecule is CCOC(=O)c1nnnn1Cc1cccc(Cl)c1F. The highest BCUT2D eigenvalue weighted by Gasteiger charge is 2.18. The second-order valence-corrected chi connectivity index (χ2v) is 4.00. The van der Waals surface area contributed by atoms with Crippen molar-refractivity contribution in [1.29, 1.82) is 0 Å². The predicted molar refractivity (Wildman–Crippen MR) is 64.3 cm³/mol. The molecule has 0 unspecified atom stereocenters. The van der Waals surface area contributed by atoms with Crippen LogP contribution in [0.1, 0.15) is 23.1 Å². The minimum Gasteiger partial charge on any atom is -0.460 e. The Hall–Kier alpha value is -2.02. The van der Waals surface area contributed by atoms with Crippen molar-refractivity contribution in [3.63, 3.8) is 0 Å². The van der Waals surface area contributed by atoms with Crippen LogP contribution in [-0.4, -0.2) is 32.8 Å². The van der Waals surface area contributed by atoms with E-state index in [9.17, 15) is 9.18 Å². The van der Waals surface area contributed by atoms with Gasteiger partial charge < -0.3 is 4.74 Å². The molecule has 0 saturated heterocycles. The number of ether oxygens (including phenoxy) is 1. The van der Waals surface area contributed by atoms with Gasteiger partial charge in [-0.2, -0.15) is 0 Å². The van der Waals surface area contributed by atoms with Crippen LogP contribution in [-0.2, 0) is 11.3 Å². The Labute approximate surface area is 113 Å². The van der Waals surface area contributed by atoms with Crippen molar-refractivity contribution in [3.8, 4) is 0 Å². The third kappa shape index (κ3) is 2.87. The van der Waals surface area contributed by atoms with Crippen molar-refractivity contribution in [2.45, 2.75) is 13.5 Å².